The molecule has 0 bridgehead atoms. The number of hydrogen-bond acceptors (Lipinski definition) is 4. The van der Waals surface area contributed by atoms with Crippen LogP contribution in [-0.4, -0.2) is 28.0 Å². The van der Waals surface area contributed by atoms with Gasteiger partial charge in [-0.05, 0) is 43.0 Å². The lowest BCUT2D eigenvalue weighted by Gasteiger charge is -2.15. The van der Waals surface area contributed by atoms with Crippen LogP contribution in [-0.2, 0) is 17.9 Å². The molecule has 0 spiro atoms. The molecular weight excluding hydrogens is 272 g/mol. The monoisotopic (exact) mass is 288 g/mol. The molecule has 0 atom stereocenters. The molecule has 2 aromatic rings. The van der Waals surface area contributed by atoms with Crippen LogP contribution in [0, 0.1) is 0 Å². The molecule has 4 nitrogen and oxygen atoms in total. The van der Waals surface area contributed by atoms with Crippen LogP contribution in [0.2, 0.25) is 0 Å². The van der Waals surface area contributed by atoms with Gasteiger partial charge in [0.15, 0.2) is 0 Å². The van der Waals surface area contributed by atoms with Gasteiger partial charge in [0.2, 0.25) is 0 Å². The largest absolute Gasteiger partial charge is 0.478 e. The van der Waals surface area contributed by atoms with Crippen LogP contribution >= 0.6 is 11.3 Å². The van der Waals surface area contributed by atoms with E-state index in [0.29, 0.717) is 0 Å². The van der Waals surface area contributed by atoms with Crippen molar-refractivity contribution < 1.29 is 9.90 Å². The third-order valence-corrected chi connectivity index (χ3v) is 3.74. The van der Waals surface area contributed by atoms with E-state index in [1.807, 2.05) is 24.3 Å². The molecule has 0 aromatic carbocycles. The van der Waals surface area contributed by atoms with Gasteiger partial charge in [0.25, 0.3) is 0 Å². The second-order valence-corrected chi connectivity index (χ2v) is 5.70. The Labute approximate surface area is 122 Å². The van der Waals surface area contributed by atoms with E-state index in [9.17, 15) is 4.79 Å². The average Bonchev–Trinajstić information content (AvgIpc) is 2.85. The standard InChI is InChI=1S/C15H16N2O2S/c1-17(10-12-6-8-16-9-7-12)11-14-3-2-13(20-14)4-5-15(18)19/h2-9H,10-11H2,1H3,(H,18,19). The Hall–Kier alpha value is -1.98. The first-order valence-electron chi connectivity index (χ1n) is 6.20. The molecule has 1 N–H and O–H groups in total. The first-order chi connectivity index (χ1) is 9.63. The van der Waals surface area contributed by atoms with Crippen molar-refractivity contribution in [2.24, 2.45) is 0 Å². The summed E-state index contributed by atoms with van der Waals surface area (Å²) < 4.78 is 0. The lowest BCUT2D eigenvalue weighted by Crippen LogP contribution is -2.16. The summed E-state index contributed by atoms with van der Waals surface area (Å²) in [5, 5.41) is 8.60. The van der Waals surface area contributed by atoms with E-state index < -0.39 is 5.97 Å². The fourth-order valence-corrected chi connectivity index (χ4v) is 2.84. The highest BCUT2D eigenvalue weighted by Crippen LogP contribution is 2.19. The average molecular weight is 288 g/mol. The highest BCUT2D eigenvalue weighted by atomic mass is 32.1. The molecule has 20 heavy (non-hydrogen) atoms. The highest BCUT2D eigenvalue weighted by Gasteiger charge is 2.04. The lowest BCUT2D eigenvalue weighted by atomic mass is 10.2. The van der Waals surface area contributed by atoms with Crippen molar-refractivity contribution in [1.29, 1.82) is 0 Å². The Balaban J connectivity index is 1.91. The number of rotatable bonds is 6. The van der Waals surface area contributed by atoms with Gasteiger partial charge >= 0.3 is 5.97 Å². The minimum atomic E-state index is -0.922. The Bertz CT molecular complexity index is 593. The molecule has 2 aromatic heterocycles. The van der Waals surface area contributed by atoms with Crippen LogP contribution in [0.15, 0.2) is 42.7 Å². The van der Waals surface area contributed by atoms with Gasteiger partial charge in [-0.2, -0.15) is 0 Å². The zero-order chi connectivity index (χ0) is 14.4. The first-order valence-corrected chi connectivity index (χ1v) is 7.02. The van der Waals surface area contributed by atoms with Gasteiger partial charge in [0.1, 0.15) is 0 Å². The minimum Gasteiger partial charge on any atom is -0.478 e. The second-order valence-electron chi connectivity index (χ2n) is 4.50. The molecular formula is C15H16N2O2S. The Morgan fingerprint density at radius 3 is 2.75 bits per heavy atom. The molecule has 104 valence electrons. The number of pyridine rings is 1. The molecule has 0 aliphatic carbocycles. The van der Waals surface area contributed by atoms with Crippen LogP contribution < -0.4 is 0 Å². The Kier molecular flexibility index (Phi) is 5.03. The van der Waals surface area contributed by atoms with Gasteiger partial charge < -0.3 is 5.11 Å². The van der Waals surface area contributed by atoms with Gasteiger partial charge in [-0.25, -0.2) is 4.79 Å². The van der Waals surface area contributed by atoms with Gasteiger partial charge in [0, 0.05) is 41.3 Å². The lowest BCUT2D eigenvalue weighted by molar-refractivity contribution is -0.131. The van der Waals surface area contributed by atoms with Crippen molar-refractivity contribution in [3.63, 3.8) is 0 Å². The van der Waals surface area contributed by atoms with Gasteiger partial charge in [-0.15, -0.1) is 11.3 Å². The van der Waals surface area contributed by atoms with E-state index in [-0.39, 0.29) is 0 Å². The van der Waals surface area contributed by atoms with Crippen molar-refractivity contribution >= 4 is 23.4 Å². The van der Waals surface area contributed by atoms with Crippen LogP contribution in [0.3, 0.4) is 0 Å². The van der Waals surface area contributed by atoms with Crippen molar-refractivity contribution in [3.8, 4) is 0 Å². The fraction of sp³-hybridized carbons (Fsp3) is 0.200. The number of carbonyl (C=O) groups is 1. The van der Waals surface area contributed by atoms with Crippen LogP contribution in [0.1, 0.15) is 15.3 Å². The normalized spacial score (nSPS) is 11.3. The minimum absolute atomic E-state index is 0.841. The summed E-state index contributed by atoms with van der Waals surface area (Å²) in [6, 6.07) is 7.99. The molecule has 0 unspecified atom stereocenters. The molecule has 0 amide bonds. The molecule has 0 aliphatic heterocycles. The van der Waals surface area contributed by atoms with E-state index in [0.717, 1.165) is 24.0 Å². The Morgan fingerprint density at radius 1 is 1.30 bits per heavy atom. The second kappa shape index (κ2) is 6.98. The van der Waals surface area contributed by atoms with E-state index in [1.165, 1.54) is 10.4 Å². The number of carboxylic acid groups (broad SMARTS) is 1. The zero-order valence-electron chi connectivity index (χ0n) is 11.2. The SMILES string of the molecule is CN(Cc1ccncc1)Cc1ccc(C=CC(=O)O)s1. The third-order valence-electron chi connectivity index (χ3n) is 2.70. The summed E-state index contributed by atoms with van der Waals surface area (Å²) >= 11 is 1.61. The van der Waals surface area contributed by atoms with E-state index in [2.05, 4.69) is 16.9 Å². The topological polar surface area (TPSA) is 53.4 Å². The van der Waals surface area contributed by atoms with Crippen LogP contribution in [0.4, 0.5) is 0 Å². The summed E-state index contributed by atoms with van der Waals surface area (Å²) in [5.74, 6) is -0.922. The first kappa shape index (κ1) is 14.4. The maximum atomic E-state index is 10.5. The highest BCUT2D eigenvalue weighted by molar-refractivity contribution is 7.12. The number of carboxylic acids is 1. The van der Waals surface area contributed by atoms with Crippen molar-refractivity contribution in [2.75, 3.05) is 7.05 Å². The molecule has 5 heteroatoms. The summed E-state index contributed by atoms with van der Waals surface area (Å²) in [7, 11) is 2.06. The number of aliphatic carboxylic acids is 1. The molecule has 0 fully saturated rings. The van der Waals surface area contributed by atoms with Gasteiger partial charge in [0.05, 0.1) is 0 Å². The van der Waals surface area contributed by atoms with E-state index >= 15 is 0 Å². The van der Waals surface area contributed by atoms with E-state index in [4.69, 9.17) is 5.11 Å². The van der Waals surface area contributed by atoms with Crippen LogP contribution in [0.5, 0.6) is 0 Å². The third kappa shape index (κ3) is 4.60. The smallest absolute Gasteiger partial charge is 0.328 e. The van der Waals surface area contributed by atoms with Gasteiger partial charge in [-0.1, -0.05) is 0 Å². The predicted molar refractivity (Wildman–Crippen MR) is 80.4 cm³/mol. The molecule has 0 saturated carbocycles. The molecule has 0 saturated heterocycles. The molecule has 2 rings (SSSR count). The van der Waals surface area contributed by atoms with Crippen molar-refractivity contribution in [3.05, 3.63) is 58.1 Å². The predicted octanol–water partition coefficient (Wildman–Crippen LogP) is 2.87. The number of hydrogen-bond donors (Lipinski definition) is 1. The fourth-order valence-electron chi connectivity index (χ4n) is 1.84. The van der Waals surface area contributed by atoms with Crippen LogP contribution in [0.25, 0.3) is 6.08 Å². The maximum Gasteiger partial charge on any atom is 0.328 e. The number of aromatic nitrogens is 1. The maximum absolute atomic E-state index is 10.5. The zero-order valence-corrected chi connectivity index (χ0v) is 12.0. The summed E-state index contributed by atoms with van der Waals surface area (Å²) in [6.07, 6.45) is 6.38. The molecule has 0 aliphatic rings. The quantitative estimate of drug-likeness (QED) is 0.830. The molecule has 2 heterocycles. The van der Waals surface area contributed by atoms with Crippen molar-refractivity contribution in [2.45, 2.75) is 13.1 Å². The van der Waals surface area contributed by atoms with Gasteiger partial charge in [-0.3, -0.25) is 9.88 Å². The summed E-state index contributed by atoms with van der Waals surface area (Å²) in [4.78, 5) is 18.9. The van der Waals surface area contributed by atoms with Crippen molar-refractivity contribution in [1.82, 2.24) is 9.88 Å². The summed E-state index contributed by atoms with van der Waals surface area (Å²) in [6.45, 7) is 1.70. The molecule has 0 radical (unpaired) electrons. The van der Waals surface area contributed by atoms with E-state index in [1.54, 1.807) is 29.8 Å². The Morgan fingerprint density at radius 2 is 2.05 bits per heavy atom. The summed E-state index contributed by atoms with van der Waals surface area (Å²) in [5.41, 5.74) is 1.23. The number of nitrogens with zero attached hydrogens (tertiary/aromatic N) is 2. The number of thiophene rings is 1.